The minimum absolute atomic E-state index is 0.0264. The maximum absolute atomic E-state index is 13.9. The molecule has 0 aliphatic carbocycles. The summed E-state index contributed by atoms with van der Waals surface area (Å²) in [6, 6.07) is 7.92. The van der Waals surface area contributed by atoms with Gasteiger partial charge in [0.2, 0.25) is 5.91 Å². The van der Waals surface area contributed by atoms with E-state index in [0.717, 1.165) is 4.88 Å². The Morgan fingerprint density at radius 2 is 1.77 bits per heavy atom. The van der Waals surface area contributed by atoms with Gasteiger partial charge in [0.1, 0.15) is 12.6 Å². The fourth-order valence-corrected chi connectivity index (χ4v) is 3.98. The minimum atomic E-state index is -4.63. The second-order valence-corrected chi connectivity index (χ2v) is 8.63. The first-order chi connectivity index (χ1) is 14.5. The number of benzene rings is 1. The molecule has 0 bridgehead atoms. The van der Waals surface area contributed by atoms with Crippen molar-refractivity contribution >= 4 is 23.0 Å². The van der Waals surface area contributed by atoms with Gasteiger partial charge in [-0.2, -0.15) is 18.4 Å². The molecule has 5 nitrogen and oxygen atoms in total. The number of hydrogen-bond acceptors (Lipinski definition) is 5. The Hall–Kier alpha value is -2.70. The summed E-state index contributed by atoms with van der Waals surface area (Å²) in [7, 11) is 0. The van der Waals surface area contributed by atoms with E-state index in [2.05, 4.69) is 10.6 Å². The van der Waals surface area contributed by atoms with Crippen molar-refractivity contribution in [3.8, 4) is 16.5 Å². The quantitative estimate of drug-likeness (QED) is 0.421. The topological polar surface area (TPSA) is 82.0 Å². The van der Waals surface area contributed by atoms with Crippen molar-refractivity contribution in [2.75, 3.05) is 6.54 Å². The van der Waals surface area contributed by atoms with Crippen molar-refractivity contribution in [2.24, 2.45) is 5.92 Å². The Balaban J connectivity index is 2.29. The molecule has 2 atom stereocenters. The normalized spacial score (nSPS) is 13.5. The third-order valence-corrected chi connectivity index (χ3v) is 5.78. The van der Waals surface area contributed by atoms with Gasteiger partial charge in [-0.15, -0.1) is 11.3 Å². The van der Waals surface area contributed by atoms with Crippen LogP contribution in [0, 0.1) is 17.2 Å². The summed E-state index contributed by atoms with van der Waals surface area (Å²) in [6.07, 6.45) is -4.44. The van der Waals surface area contributed by atoms with E-state index in [1.807, 2.05) is 0 Å². The van der Waals surface area contributed by atoms with Crippen LogP contribution in [-0.4, -0.2) is 30.5 Å². The number of amides is 1. The van der Waals surface area contributed by atoms with E-state index in [1.54, 1.807) is 44.2 Å². The lowest BCUT2D eigenvalue weighted by Gasteiger charge is -2.28. The van der Waals surface area contributed by atoms with E-state index in [4.69, 9.17) is 5.26 Å². The summed E-state index contributed by atoms with van der Waals surface area (Å²) in [5.74, 6) is -0.743. The van der Waals surface area contributed by atoms with Gasteiger partial charge in [-0.05, 0) is 42.5 Å². The number of hydrogen-bond donors (Lipinski definition) is 2. The van der Waals surface area contributed by atoms with Crippen LogP contribution in [0.2, 0.25) is 0 Å². The average Bonchev–Trinajstić information content (AvgIpc) is 3.19. The van der Waals surface area contributed by atoms with E-state index >= 15 is 0 Å². The maximum atomic E-state index is 13.9. The van der Waals surface area contributed by atoms with Gasteiger partial charge in [0, 0.05) is 4.88 Å². The molecule has 31 heavy (non-hydrogen) atoms. The van der Waals surface area contributed by atoms with Gasteiger partial charge in [0.05, 0.1) is 17.0 Å². The molecule has 0 aliphatic heterocycles. The molecule has 1 aromatic carbocycles. The van der Waals surface area contributed by atoms with Crippen LogP contribution < -0.4 is 10.6 Å². The summed E-state index contributed by atoms with van der Waals surface area (Å²) in [6.45, 7) is 4.79. The number of nitrogens with one attached hydrogen (secondary N) is 2. The molecule has 1 amide bonds. The molecular weight excluding hydrogens is 427 g/mol. The van der Waals surface area contributed by atoms with Gasteiger partial charge in [-0.25, -0.2) is 0 Å². The van der Waals surface area contributed by atoms with E-state index < -0.39 is 24.2 Å². The van der Waals surface area contributed by atoms with Crippen LogP contribution in [0.3, 0.4) is 0 Å². The Morgan fingerprint density at radius 3 is 2.26 bits per heavy atom. The molecule has 0 saturated heterocycles. The first-order valence-electron chi connectivity index (χ1n) is 9.71. The number of carbonyl (C=O) groups is 2. The predicted molar refractivity (Wildman–Crippen MR) is 114 cm³/mol. The summed E-state index contributed by atoms with van der Waals surface area (Å²) in [5, 5.41) is 13.4. The van der Waals surface area contributed by atoms with Gasteiger partial charge >= 0.3 is 6.18 Å². The lowest BCUT2D eigenvalue weighted by Crippen LogP contribution is -2.49. The van der Waals surface area contributed by atoms with Gasteiger partial charge in [0.15, 0.2) is 5.78 Å². The number of ketones is 1. The van der Waals surface area contributed by atoms with Crippen molar-refractivity contribution in [1.29, 1.82) is 5.26 Å². The van der Waals surface area contributed by atoms with Crippen LogP contribution in [0.15, 0.2) is 36.4 Å². The van der Waals surface area contributed by atoms with Crippen LogP contribution in [0.4, 0.5) is 13.2 Å². The Labute approximate surface area is 183 Å². The molecule has 1 heterocycles. The Kier molecular flexibility index (Phi) is 8.36. The molecule has 0 saturated carbocycles. The number of nitriles is 1. The highest BCUT2D eigenvalue weighted by molar-refractivity contribution is 7.17. The van der Waals surface area contributed by atoms with Gasteiger partial charge in [-0.3, -0.25) is 14.9 Å². The number of thiophene rings is 1. The monoisotopic (exact) mass is 451 g/mol. The molecule has 1 aromatic heterocycles. The van der Waals surface area contributed by atoms with E-state index in [9.17, 15) is 22.8 Å². The highest BCUT2D eigenvalue weighted by Gasteiger charge is 2.42. The van der Waals surface area contributed by atoms with Crippen molar-refractivity contribution in [3.63, 3.8) is 0 Å². The zero-order chi connectivity index (χ0) is 23.2. The van der Waals surface area contributed by atoms with Gasteiger partial charge in [-0.1, -0.05) is 38.1 Å². The molecule has 9 heteroatoms. The van der Waals surface area contributed by atoms with Crippen LogP contribution in [0.1, 0.15) is 48.5 Å². The fraction of sp³-hybridized carbons (Fsp3) is 0.409. The van der Waals surface area contributed by atoms with Gasteiger partial charge in [0.25, 0.3) is 0 Å². The van der Waals surface area contributed by atoms with E-state index in [1.165, 1.54) is 30.4 Å². The molecule has 0 fully saturated rings. The number of Topliss-reactive ketones (excluding diaryl/α,β-unsaturated/α-hetero) is 1. The zero-order valence-corrected chi connectivity index (χ0v) is 18.2. The Bertz CT molecular complexity index is 946. The fourth-order valence-electron chi connectivity index (χ4n) is 3.07. The smallest absolute Gasteiger partial charge is 0.342 e. The second-order valence-electron chi connectivity index (χ2n) is 7.54. The molecule has 0 aliphatic rings. The number of rotatable bonds is 9. The molecular formula is C22H24F3N3O2S. The average molecular weight is 452 g/mol. The highest BCUT2D eigenvalue weighted by Crippen LogP contribution is 2.35. The molecule has 2 aromatic rings. The second kappa shape index (κ2) is 10.6. The van der Waals surface area contributed by atoms with Crippen molar-refractivity contribution in [3.05, 3.63) is 46.8 Å². The standard InChI is InChI=1S/C22H24F3N3O2S/c1-13(2)12-17(21(30)27-11-10-26)28-20(22(23,24)25)16-6-4-15(5-7-16)19-9-8-18(31-19)14(3)29/h4-9,13,17,20,28H,11-12H2,1-3H3,(H,27,30)/t17-,20-/m0/s1. The van der Waals surface area contributed by atoms with Crippen molar-refractivity contribution in [1.82, 2.24) is 10.6 Å². The summed E-state index contributed by atoms with van der Waals surface area (Å²) < 4.78 is 41.6. The van der Waals surface area contributed by atoms with E-state index in [-0.39, 0.29) is 30.2 Å². The minimum Gasteiger partial charge on any atom is -0.342 e. The zero-order valence-electron chi connectivity index (χ0n) is 17.4. The van der Waals surface area contributed by atoms with Crippen LogP contribution in [0.25, 0.3) is 10.4 Å². The molecule has 2 rings (SSSR count). The van der Waals surface area contributed by atoms with Crippen molar-refractivity contribution in [2.45, 2.75) is 45.5 Å². The molecule has 2 N–H and O–H groups in total. The molecule has 0 unspecified atom stereocenters. The molecule has 0 spiro atoms. The van der Waals surface area contributed by atoms with Crippen LogP contribution in [-0.2, 0) is 4.79 Å². The number of carbonyl (C=O) groups excluding carboxylic acids is 2. The summed E-state index contributed by atoms with van der Waals surface area (Å²) in [4.78, 5) is 25.1. The van der Waals surface area contributed by atoms with Crippen molar-refractivity contribution < 1.29 is 22.8 Å². The third kappa shape index (κ3) is 6.91. The van der Waals surface area contributed by atoms with E-state index in [0.29, 0.717) is 10.4 Å². The van der Waals surface area contributed by atoms with Gasteiger partial charge < -0.3 is 5.32 Å². The SMILES string of the molecule is CC(=O)c1ccc(-c2ccc([C@H](N[C@@H](CC(C)C)C(=O)NCC#N)C(F)(F)F)cc2)s1. The lowest BCUT2D eigenvalue weighted by molar-refractivity contribution is -0.161. The number of alkyl halides is 3. The number of nitrogens with zero attached hydrogens (tertiary/aromatic N) is 1. The van der Waals surface area contributed by atoms with Crippen LogP contribution in [0.5, 0.6) is 0 Å². The molecule has 0 radical (unpaired) electrons. The Morgan fingerprint density at radius 1 is 1.13 bits per heavy atom. The lowest BCUT2D eigenvalue weighted by atomic mass is 9.98. The number of halogens is 3. The molecule has 166 valence electrons. The summed E-state index contributed by atoms with van der Waals surface area (Å²) in [5.41, 5.74) is 0.675. The third-order valence-electron chi connectivity index (χ3n) is 4.54. The predicted octanol–water partition coefficient (Wildman–Crippen LogP) is 4.87. The highest BCUT2D eigenvalue weighted by atomic mass is 32.1. The van der Waals surface area contributed by atoms with Crippen LogP contribution >= 0.6 is 11.3 Å². The largest absolute Gasteiger partial charge is 0.407 e. The maximum Gasteiger partial charge on any atom is 0.407 e. The first kappa shape index (κ1) is 24.6. The first-order valence-corrected chi connectivity index (χ1v) is 10.5. The summed E-state index contributed by atoms with van der Waals surface area (Å²) >= 11 is 1.28.